The monoisotopic (exact) mass is 380 g/mol. The van der Waals surface area contributed by atoms with Crippen molar-refractivity contribution in [2.45, 2.75) is 31.2 Å². The third kappa shape index (κ3) is 3.28. The molecule has 1 saturated heterocycles. The van der Waals surface area contributed by atoms with Gasteiger partial charge in [-0.3, -0.25) is 0 Å². The summed E-state index contributed by atoms with van der Waals surface area (Å²) in [5.41, 5.74) is 6.29. The van der Waals surface area contributed by atoms with Crippen LogP contribution in [0, 0.1) is 18.3 Å². The van der Waals surface area contributed by atoms with Gasteiger partial charge in [0.25, 0.3) is 0 Å². The summed E-state index contributed by atoms with van der Waals surface area (Å²) in [6.07, 6.45) is 8.19. The summed E-state index contributed by atoms with van der Waals surface area (Å²) in [6.45, 7) is 15.1. The van der Waals surface area contributed by atoms with Gasteiger partial charge in [-0.1, -0.05) is 62.1 Å². The van der Waals surface area contributed by atoms with Gasteiger partial charge in [0.1, 0.15) is 0 Å². The summed E-state index contributed by atoms with van der Waals surface area (Å²) < 4.78 is 0. The minimum absolute atomic E-state index is 0.0364. The first-order chi connectivity index (χ1) is 13.8. The molecule has 2 aromatic rings. The van der Waals surface area contributed by atoms with Crippen LogP contribution in [-0.2, 0) is 5.54 Å². The lowest BCUT2D eigenvalue weighted by atomic mass is 9.72. The van der Waals surface area contributed by atoms with E-state index in [4.69, 9.17) is 6.42 Å². The van der Waals surface area contributed by atoms with Crippen molar-refractivity contribution in [2.75, 3.05) is 7.05 Å². The highest BCUT2D eigenvalue weighted by Gasteiger charge is 2.44. The van der Waals surface area contributed by atoms with Gasteiger partial charge >= 0.3 is 0 Å². The van der Waals surface area contributed by atoms with Crippen molar-refractivity contribution in [1.29, 1.82) is 0 Å². The Balaban J connectivity index is 1.78. The lowest BCUT2D eigenvalue weighted by molar-refractivity contribution is 0.233. The van der Waals surface area contributed by atoms with E-state index < -0.39 is 5.54 Å². The maximum absolute atomic E-state index is 5.67. The van der Waals surface area contributed by atoms with Crippen molar-refractivity contribution in [1.82, 2.24) is 10.2 Å². The molecule has 0 bridgehead atoms. The molecule has 0 radical (unpaired) electrons. The van der Waals surface area contributed by atoms with Gasteiger partial charge in [-0.2, -0.15) is 0 Å². The molecule has 0 aromatic heterocycles. The molecular formula is C27H28N2. The maximum atomic E-state index is 5.67. The van der Waals surface area contributed by atoms with Gasteiger partial charge in [-0.05, 0) is 60.1 Å². The first kappa shape index (κ1) is 19.2. The molecule has 1 heterocycles. The number of rotatable bonds is 4. The molecule has 2 atom stereocenters. The average molecular weight is 381 g/mol. The van der Waals surface area contributed by atoms with Crippen LogP contribution in [0.1, 0.15) is 47.9 Å². The first-order valence-electron chi connectivity index (χ1n) is 10.1. The Bertz CT molecular complexity index is 1030. The zero-order valence-corrected chi connectivity index (χ0v) is 17.3. The molecule has 1 aliphatic carbocycles. The molecular weight excluding hydrogens is 352 g/mol. The predicted molar refractivity (Wildman–Crippen MR) is 122 cm³/mol. The Hall–Kier alpha value is -3.18. The minimum Gasteiger partial charge on any atom is -0.362 e. The fourth-order valence-electron chi connectivity index (χ4n) is 4.41. The summed E-state index contributed by atoms with van der Waals surface area (Å²) in [7, 11) is 2.01. The van der Waals surface area contributed by atoms with Crippen molar-refractivity contribution in [3.8, 4) is 12.3 Å². The van der Waals surface area contributed by atoms with Gasteiger partial charge < -0.3 is 10.2 Å². The topological polar surface area (TPSA) is 15.3 Å². The van der Waals surface area contributed by atoms with Crippen LogP contribution in [0.15, 0.2) is 79.8 Å². The van der Waals surface area contributed by atoms with Crippen LogP contribution in [-0.4, -0.2) is 11.9 Å². The molecule has 146 valence electrons. The van der Waals surface area contributed by atoms with Crippen LogP contribution in [0.5, 0.6) is 0 Å². The van der Waals surface area contributed by atoms with E-state index in [1.165, 1.54) is 29.5 Å². The van der Waals surface area contributed by atoms with E-state index in [1.54, 1.807) is 0 Å². The number of benzene rings is 2. The Morgan fingerprint density at radius 2 is 1.86 bits per heavy atom. The summed E-state index contributed by atoms with van der Waals surface area (Å²) in [6, 6.07) is 17.0. The van der Waals surface area contributed by atoms with E-state index in [9.17, 15) is 0 Å². The van der Waals surface area contributed by atoms with Crippen molar-refractivity contribution in [2.24, 2.45) is 5.92 Å². The number of hydrogen-bond acceptors (Lipinski definition) is 2. The minimum atomic E-state index is -0.414. The molecule has 2 nitrogen and oxygen atoms in total. The predicted octanol–water partition coefficient (Wildman–Crippen LogP) is 5.61. The van der Waals surface area contributed by atoms with E-state index in [0.29, 0.717) is 5.92 Å². The number of nitrogens with zero attached hydrogens (tertiary/aromatic N) is 1. The molecule has 0 amide bonds. The largest absolute Gasteiger partial charge is 0.362 e. The van der Waals surface area contributed by atoms with E-state index in [0.717, 1.165) is 22.6 Å². The quantitative estimate of drug-likeness (QED) is 0.694. The van der Waals surface area contributed by atoms with Crippen molar-refractivity contribution >= 4 is 5.57 Å². The molecule has 1 N–H and O–H groups in total. The Morgan fingerprint density at radius 1 is 1.17 bits per heavy atom. The second-order valence-corrected chi connectivity index (χ2v) is 8.40. The Morgan fingerprint density at radius 3 is 2.48 bits per heavy atom. The standard InChI is InChI=1S/C27H28N2/c1-7-21-9-8-10-25(17-21)27(5)26(19(3)29(6)20(4)28-27)24-15-13-23(14-16-24)18(2)22-11-12-22/h1,8-10,13-17,22,26,28H,2-4,11-12H2,5-6H3/t26-,27-/m1/s1. The highest BCUT2D eigenvalue weighted by Crippen LogP contribution is 2.47. The summed E-state index contributed by atoms with van der Waals surface area (Å²) >= 11 is 0. The van der Waals surface area contributed by atoms with Crippen molar-refractivity contribution in [3.63, 3.8) is 0 Å². The van der Waals surface area contributed by atoms with Gasteiger partial charge in [0.2, 0.25) is 0 Å². The van der Waals surface area contributed by atoms with Crippen LogP contribution in [0.25, 0.3) is 5.57 Å². The highest BCUT2D eigenvalue weighted by atomic mass is 15.3. The lowest BCUT2D eigenvalue weighted by Gasteiger charge is -2.49. The molecule has 1 saturated carbocycles. The number of allylic oxidation sites excluding steroid dienone is 1. The lowest BCUT2D eigenvalue weighted by Crippen LogP contribution is -2.53. The van der Waals surface area contributed by atoms with E-state index >= 15 is 0 Å². The molecule has 4 rings (SSSR count). The number of nitrogens with one attached hydrogen (secondary N) is 1. The third-order valence-corrected chi connectivity index (χ3v) is 6.46. The van der Waals surface area contributed by atoms with Crippen LogP contribution >= 0.6 is 0 Å². The second-order valence-electron chi connectivity index (χ2n) is 8.40. The average Bonchev–Trinajstić information content (AvgIpc) is 3.57. The number of likely N-dealkylation sites (N-methyl/N-ethyl adjacent to an activating group) is 1. The smallest absolute Gasteiger partial charge is 0.0985 e. The molecule has 1 aliphatic heterocycles. The number of terminal acetylenes is 1. The molecule has 0 spiro atoms. The summed E-state index contributed by atoms with van der Waals surface area (Å²) in [5, 5.41) is 3.64. The third-order valence-electron chi connectivity index (χ3n) is 6.46. The Kier molecular flexibility index (Phi) is 4.63. The van der Waals surface area contributed by atoms with Crippen molar-refractivity contribution < 1.29 is 0 Å². The molecule has 2 aromatic carbocycles. The zero-order valence-electron chi connectivity index (χ0n) is 17.3. The molecule has 29 heavy (non-hydrogen) atoms. The molecule has 2 heteroatoms. The first-order valence-corrected chi connectivity index (χ1v) is 10.1. The molecule has 2 aliphatic rings. The number of hydrogen-bond donors (Lipinski definition) is 1. The van der Waals surface area contributed by atoms with E-state index in [-0.39, 0.29) is 5.92 Å². The van der Waals surface area contributed by atoms with Gasteiger partial charge in [0.15, 0.2) is 0 Å². The maximum Gasteiger partial charge on any atom is 0.0985 e. The van der Waals surface area contributed by atoms with Crippen LogP contribution in [0.4, 0.5) is 0 Å². The summed E-state index contributed by atoms with van der Waals surface area (Å²) in [4.78, 5) is 2.04. The Labute approximate surface area is 174 Å². The van der Waals surface area contributed by atoms with E-state index in [2.05, 4.69) is 74.3 Å². The highest BCUT2D eigenvalue weighted by molar-refractivity contribution is 5.67. The summed E-state index contributed by atoms with van der Waals surface area (Å²) in [5.74, 6) is 4.29. The van der Waals surface area contributed by atoms with Gasteiger partial charge in [0.05, 0.1) is 17.3 Å². The van der Waals surface area contributed by atoms with E-state index in [1.807, 2.05) is 24.1 Å². The van der Waals surface area contributed by atoms with Crippen LogP contribution in [0.2, 0.25) is 0 Å². The van der Waals surface area contributed by atoms with Crippen LogP contribution < -0.4 is 5.32 Å². The van der Waals surface area contributed by atoms with Gasteiger partial charge in [-0.15, -0.1) is 6.42 Å². The SMILES string of the molecule is C#Cc1cccc([C@@]2(C)NC(=C)N(C)C(=C)[C@@H]2c2ccc(C(=C)C3CC3)cc2)c1. The van der Waals surface area contributed by atoms with Gasteiger partial charge in [-0.25, -0.2) is 0 Å². The normalized spacial score (nSPS) is 24.0. The molecule has 2 fully saturated rings. The fourth-order valence-corrected chi connectivity index (χ4v) is 4.41. The molecule has 0 unspecified atom stereocenters. The van der Waals surface area contributed by atoms with Gasteiger partial charge in [0, 0.05) is 18.3 Å². The zero-order chi connectivity index (χ0) is 20.8. The van der Waals surface area contributed by atoms with Crippen LogP contribution in [0.3, 0.4) is 0 Å². The second kappa shape index (κ2) is 7.01. The van der Waals surface area contributed by atoms with Crippen molar-refractivity contribution in [3.05, 3.63) is 102 Å². The fraction of sp³-hybridized carbons (Fsp3) is 0.259.